The van der Waals surface area contributed by atoms with Crippen LogP contribution in [0.15, 0.2) is 0 Å². The van der Waals surface area contributed by atoms with Gasteiger partial charge in [-0.2, -0.15) is 0 Å². The molecule has 2 N–H and O–H groups in total. The Balaban J connectivity index is 2.51. The summed E-state index contributed by atoms with van der Waals surface area (Å²) < 4.78 is 5.25. The van der Waals surface area contributed by atoms with Crippen molar-refractivity contribution >= 4 is 0 Å². The number of ether oxygens (including phenoxy) is 1. The van der Waals surface area contributed by atoms with Crippen LogP contribution >= 0.6 is 0 Å². The molecular weight excluding hydrogens is 166 g/mol. The van der Waals surface area contributed by atoms with Crippen molar-refractivity contribution in [1.29, 1.82) is 0 Å². The molecule has 3 nitrogen and oxygen atoms in total. The Bertz CT molecular complexity index is 153. The molecule has 3 heteroatoms. The maximum absolute atomic E-state index is 9.79. The Hall–Kier alpha value is -0.120. The van der Waals surface area contributed by atoms with Crippen LogP contribution in [0.25, 0.3) is 0 Å². The van der Waals surface area contributed by atoms with Gasteiger partial charge in [0, 0.05) is 12.0 Å². The van der Waals surface area contributed by atoms with Crippen LogP contribution in [-0.4, -0.2) is 31.1 Å². The van der Waals surface area contributed by atoms with Crippen molar-refractivity contribution in [3.63, 3.8) is 0 Å². The molecule has 1 saturated heterocycles. The highest BCUT2D eigenvalue weighted by molar-refractivity contribution is 4.86. The molecule has 0 spiro atoms. The summed E-state index contributed by atoms with van der Waals surface area (Å²) in [7, 11) is 0. The molecule has 1 rings (SSSR count). The maximum atomic E-state index is 9.79. The van der Waals surface area contributed by atoms with E-state index in [0.29, 0.717) is 12.5 Å². The Morgan fingerprint density at radius 1 is 1.62 bits per heavy atom. The van der Waals surface area contributed by atoms with Gasteiger partial charge in [-0.15, -0.1) is 0 Å². The molecule has 0 amide bonds. The Labute approximate surface area is 80.5 Å². The van der Waals surface area contributed by atoms with E-state index in [1.165, 1.54) is 0 Å². The third-order valence-electron chi connectivity index (χ3n) is 3.07. The average molecular weight is 187 g/mol. The number of hydrogen-bond donors (Lipinski definition) is 2. The summed E-state index contributed by atoms with van der Waals surface area (Å²) in [4.78, 5) is 0. The van der Waals surface area contributed by atoms with Gasteiger partial charge < -0.3 is 15.2 Å². The quantitative estimate of drug-likeness (QED) is 0.645. The van der Waals surface area contributed by atoms with Gasteiger partial charge in [-0.1, -0.05) is 13.8 Å². The van der Waals surface area contributed by atoms with Gasteiger partial charge in [-0.05, 0) is 32.4 Å². The number of rotatable bonds is 4. The summed E-state index contributed by atoms with van der Waals surface area (Å²) in [5, 5.41) is 13.1. The zero-order valence-electron chi connectivity index (χ0n) is 8.84. The molecule has 0 saturated carbocycles. The number of nitrogens with one attached hydrogen (secondary N) is 1. The number of aliphatic hydroxyl groups is 1. The normalized spacial score (nSPS) is 26.3. The zero-order chi connectivity index (χ0) is 9.90. The second kappa shape index (κ2) is 4.40. The van der Waals surface area contributed by atoms with Crippen LogP contribution < -0.4 is 5.32 Å². The highest BCUT2D eigenvalue weighted by atomic mass is 16.6. The fourth-order valence-corrected chi connectivity index (χ4v) is 1.86. The van der Waals surface area contributed by atoms with Crippen LogP contribution in [0.2, 0.25) is 0 Å². The van der Waals surface area contributed by atoms with E-state index in [0.717, 1.165) is 19.5 Å². The molecule has 1 heterocycles. The fourth-order valence-electron chi connectivity index (χ4n) is 1.86. The van der Waals surface area contributed by atoms with Gasteiger partial charge in [-0.25, -0.2) is 0 Å². The minimum Gasteiger partial charge on any atom is -0.367 e. The predicted octanol–water partition coefficient (Wildman–Crippen LogP) is 0.977. The van der Waals surface area contributed by atoms with Crippen molar-refractivity contribution in [2.75, 3.05) is 19.7 Å². The van der Waals surface area contributed by atoms with Crippen molar-refractivity contribution < 1.29 is 9.84 Å². The summed E-state index contributed by atoms with van der Waals surface area (Å²) in [5.74, 6) is 0.522. The highest BCUT2D eigenvalue weighted by Gasteiger charge is 2.38. The van der Waals surface area contributed by atoms with Crippen LogP contribution in [0.5, 0.6) is 0 Å². The third kappa shape index (κ3) is 2.42. The Morgan fingerprint density at radius 2 is 2.31 bits per heavy atom. The number of aliphatic hydroxyl groups excluding tert-OH is 1. The van der Waals surface area contributed by atoms with E-state index < -0.39 is 6.29 Å². The lowest BCUT2D eigenvalue weighted by atomic mass is 9.77. The van der Waals surface area contributed by atoms with Gasteiger partial charge in [0.25, 0.3) is 0 Å². The first-order chi connectivity index (χ1) is 6.09. The Morgan fingerprint density at radius 3 is 2.77 bits per heavy atom. The molecule has 1 aliphatic rings. The fraction of sp³-hybridized carbons (Fsp3) is 1.00. The van der Waals surface area contributed by atoms with E-state index in [-0.39, 0.29) is 5.41 Å². The summed E-state index contributed by atoms with van der Waals surface area (Å²) in [6.07, 6.45) is 0.499. The monoisotopic (exact) mass is 187 g/mol. The largest absolute Gasteiger partial charge is 0.367 e. The molecular formula is C10H21NO2. The first-order valence-corrected chi connectivity index (χ1v) is 5.09. The molecule has 2 atom stereocenters. The summed E-state index contributed by atoms with van der Waals surface area (Å²) >= 11 is 0. The van der Waals surface area contributed by atoms with E-state index in [9.17, 15) is 5.11 Å². The van der Waals surface area contributed by atoms with Crippen LogP contribution in [0.3, 0.4) is 0 Å². The molecule has 1 aliphatic heterocycles. The molecule has 0 radical (unpaired) electrons. The van der Waals surface area contributed by atoms with E-state index >= 15 is 0 Å². The van der Waals surface area contributed by atoms with Crippen LogP contribution in [0.1, 0.15) is 27.2 Å². The molecule has 0 bridgehead atoms. The molecule has 2 unspecified atom stereocenters. The first-order valence-electron chi connectivity index (χ1n) is 5.09. The lowest BCUT2D eigenvalue weighted by Gasteiger charge is -2.35. The lowest BCUT2D eigenvalue weighted by molar-refractivity contribution is -0.176. The van der Waals surface area contributed by atoms with Gasteiger partial charge in [0.05, 0.1) is 0 Å². The highest BCUT2D eigenvalue weighted by Crippen LogP contribution is 2.35. The SMILES string of the molecule is CCOC(O)C(C)(C)C1CCNC1. The molecule has 0 aromatic carbocycles. The van der Waals surface area contributed by atoms with Crippen molar-refractivity contribution in [2.45, 2.75) is 33.5 Å². The molecule has 0 aliphatic carbocycles. The van der Waals surface area contributed by atoms with E-state index in [1.54, 1.807) is 0 Å². The second-order valence-corrected chi connectivity index (χ2v) is 4.32. The average Bonchev–Trinajstić information content (AvgIpc) is 2.56. The predicted molar refractivity (Wildman–Crippen MR) is 52.4 cm³/mol. The molecule has 13 heavy (non-hydrogen) atoms. The van der Waals surface area contributed by atoms with Gasteiger partial charge in [-0.3, -0.25) is 0 Å². The van der Waals surface area contributed by atoms with Gasteiger partial charge in [0.1, 0.15) is 0 Å². The van der Waals surface area contributed by atoms with Crippen molar-refractivity contribution in [3.8, 4) is 0 Å². The van der Waals surface area contributed by atoms with Crippen molar-refractivity contribution in [1.82, 2.24) is 5.32 Å². The first kappa shape index (κ1) is 11.0. The summed E-state index contributed by atoms with van der Waals surface area (Å²) in [5.41, 5.74) is -0.139. The van der Waals surface area contributed by atoms with E-state index in [4.69, 9.17) is 4.74 Å². The smallest absolute Gasteiger partial charge is 0.159 e. The topological polar surface area (TPSA) is 41.5 Å². The van der Waals surface area contributed by atoms with E-state index in [1.807, 2.05) is 6.92 Å². The number of hydrogen-bond acceptors (Lipinski definition) is 3. The second-order valence-electron chi connectivity index (χ2n) is 4.32. The molecule has 1 fully saturated rings. The maximum Gasteiger partial charge on any atom is 0.159 e. The van der Waals surface area contributed by atoms with Crippen molar-refractivity contribution in [2.24, 2.45) is 11.3 Å². The summed E-state index contributed by atoms with van der Waals surface area (Å²) in [6.45, 7) is 8.69. The van der Waals surface area contributed by atoms with E-state index in [2.05, 4.69) is 19.2 Å². The third-order valence-corrected chi connectivity index (χ3v) is 3.07. The van der Waals surface area contributed by atoms with Gasteiger partial charge >= 0.3 is 0 Å². The molecule has 78 valence electrons. The van der Waals surface area contributed by atoms with Crippen LogP contribution in [0, 0.1) is 11.3 Å². The molecule has 0 aromatic heterocycles. The Kier molecular flexibility index (Phi) is 3.71. The summed E-state index contributed by atoms with van der Waals surface area (Å²) in [6, 6.07) is 0. The van der Waals surface area contributed by atoms with Crippen LogP contribution in [0.4, 0.5) is 0 Å². The zero-order valence-corrected chi connectivity index (χ0v) is 8.84. The van der Waals surface area contributed by atoms with Gasteiger partial charge in [0.2, 0.25) is 0 Å². The van der Waals surface area contributed by atoms with Gasteiger partial charge in [0.15, 0.2) is 6.29 Å². The minimum absolute atomic E-state index is 0.139. The minimum atomic E-state index is -0.637. The van der Waals surface area contributed by atoms with Crippen LogP contribution in [-0.2, 0) is 4.74 Å². The standard InChI is InChI=1S/C10H21NO2/c1-4-13-9(12)10(2,3)8-5-6-11-7-8/h8-9,11-12H,4-7H2,1-3H3. The lowest BCUT2D eigenvalue weighted by Crippen LogP contribution is -2.39. The van der Waals surface area contributed by atoms with Crippen molar-refractivity contribution in [3.05, 3.63) is 0 Å². The molecule has 0 aromatic rings.